The minimum atomic E-state index is -3.86. The zero-order valence-corrected chi connectivity index (χ0v) is 16.2. The molecule has 9 heteroatoms. The highest BCUT2D eigenvalue weighted by Gasteiger charge is 2.24. The number of carbonyl (C=O) groups excluding carboxylic acids is 1. The number of amides is 1. The summed E-state index contributed by atoms with van der Waals surface area (Å²) in [5.74, 6) is 0.0399. The van der Waals surface area contributed by atoms with E-state index in [1.165, 1.54) is 12.3 Å². The molecule has 0 bridgehead atoms. The molecule has 1 aromatic carbocycles. The Labute approximate surface area is 163 Å². The Balaban J connectivity index is 1.54. The molecule has 0 saturated carbocycles. The van der Waals surface area contributed by atoms with Crippen molar-refractivity contribution in [1.29, 1.82) is 0 Å². The van der Waals surface area contributed by atoms with Crippen molar-refractivity contribution < 1.29 is 13.2 Å². The molecule has 0 aliphatic carbocycles. The van der Waals surface area contributed by atoms with Crippen molar-refractivity contribution in [3.05, 3.63) is 60.0 Å². The Bertz CT molecular complexity index is 1100. The van der Waals surface area contributed by atoms with Gasteiger partial charge in [-0.25, -0.2) is 13.1 Å². The number of rotatable bonds is 5. The second kappa shape index (κ2) is 7.16. The molecule has 0 atom stereocenters. The molecule has 1 aliphatic rings. The largest absolute Gasteiger partial charge is 0.356 e. The van der Waals surface area contributed by atoms with Gasteiger partial charge in [0.15, 0.2) is 5.82 Å². The van der Waals surface area contributed by atoms with E-state index in [1.807, 2.05) is 37.3 Å². The highest BCUT2D eigenvalue weighted by atomic mass is 32.2. The average molecular weight is 399 g/mol. The molecule has 3 heterocycles. The molecule has 8 nitrogen and oxygen atoms in total. The Morgan fingerprint density at radius 1 is 1.14 bits per heavy atom. The molecule has 1 aliphatic heterocycles. The number of aryl methyl sites for hydroxylation is 1. The van der Waals surface area contributed by atoms with Crippen molar-refractivity contribution in [3.63, 3.8) is 0 Å². The number of H-pyrrole nitrogens is 1. The third-order valence-electron chi connectivity index (χ3n) is 4.72. The first kappa shape index (κ1) is 18.3. The van der Waals surface area contributed by atoms with Crippen molar-refractivity contribution in [2.24, 2.45) is 0 Å². The number of para-hydroxylation sites is 1. The van der Waals surface area contributed by atoms with Crippen LogP contribution in [-0.4, -0.2) is 47.1 Å². The number of nitrogens with one attached hydrogen (secondary N) is 2. The van der Waals surface area contributed by atoms with Gasteiger partial charge in [-0.2, -0.15) is 0 Å². The molecular formula is C19H21N5O3S. The summed E-state index contributed by atoms with van der Waals surface area (Å²) in [4.78, 5) is 16.9. The van der Waals surface area contributed by atoms with Gasteiger partial charge >= 0.3 is 0 Å². The number of benzene rings is 1. The highest BCUT2D eigenvalue weighted by Crippen LogP contribution is 2.20. The van der Waals surface area contributed by atoms with E-state index in [0.717, 1.165) is 24.2 Å². The van der Waals surface area contributed by atoms with Crippen molar-refractivity contribution in [3.8, 4) is 5.69 Å². The minimum Gasteiger partial charge on any atom is -0.356 e. The number of sulfonamides is 1. The summed E-state index contributed by atoms with van der Waals surface area (Å²) < 4.78 is 29.6. The quantitative estimate of drug-likeness (QED) is 0.689. The predicted molar refractivity (Wildman–Crippen MR) is 105 cm³/mol. The van der Waals surface area contributed by atoms with Crippen LogP contribution in [-0.2, 0) is 10.0 Å². The molecule has 0 unspecified atom stereocenters. The number of nitrogens with zero attached hydrogens (tertiary/aromatic N) is 3. The maximum absolute atomic E-state index is 12.7. The van der Waals surface area contributed by atoms with E-state index < -0.39 is 10.0 Å². The predicted octanol–water partition coefficient (Wildman–Crippen LogP) is 2.55. The van der Waals surface area contributed by atoms with E-state index in [4.69, 9.17) is 0 Å². The molecule has 1 saturated heterocycles. The molecule has 3 aromatic rings. The van der Waals surface area contributed by atoms with Crippen molar-refractivity contribution in [1.82, 2.24) is 19.7 Å². The second-order valence-corrected chi connectivity index (χ2v) is 8.45. The minimum absolute atomic E-state index is 0.00182. The molecule has 0 radical (unpaired) electrons. The molecule has 28 heavy (non-hydrogen) atoms. The van der Waals surface area contributed by atoms with Gasteiger partial charge in [0.05, 0.1) is 5.69 Å². The summed E-state index contributed by atoms with van der Waals surface area (Å²) in [5, 5.41) is 4.34. The van der Waals surface area contributed by atoms with Crippen LogP contribution in [0.4, 0.5) is 5.82 Å². The van der Waals surface area contributed by atoms with Crippen LogP contribution in [0.25, 0.3) is 5.69 Å². The normalized spacial score (nSPS) is 14.4. The van der Waals surface area contributed by atoms with Gasteiger partial charge in [-0.15, -0.1) is 5.10 Å². The number of hydrogen-bond acceptors (Lipinski definition) is 4. The Morgan fingerprint density at radius 3 is 2.57 bits per heavy atom. The number of anilines is 1. The van der Waals surface area contributed by atoms with Crippen LogP contribution in [0.3, 0.4) is 0 Å². The van der Waals surface area contributed by atoms with Gasteiger partial charge in [0.25, 0.3) is 15.9 Å². The van der Waals surface area contributed by atoms with Crippen LogP contribution >= 0.6 is 0 Å². The standard InChI is InChI=1S/C19H21N5O3S/c1-14-11-18(21-24(14)15-7-3-2-4-8-15)22-28(26,27)16-12-17(20-13-16)19(25)23-9-5-6-10-23/h2-4,7-8,11-13,20H,5-6,9-10H2,1H3,(H,21,22). The lowest BCUT2D eigenvalue weighted by Crippen LogP contribution is -2.27. The van der Waals surface area contributed by atoms with Crippen LogP contribution < -0.4 is 4.72 Å². The summed E-state index contributed by atoms with van der Waals surface area (Å²) in [6.07, 6.45) is 3.28. The van der Waals surface area contributed by atoms with Crippen LogP contribution in [0.15, 0.2) is 53.6 Å². The summed E-state index contributed by atoms with van der Waals surface area (Å²) in [5.41, 5.74) is 1.90. The summed E-state index contributed by atoms with van der Waals surface area (Å²) >= 11 is 0. The van der Waals surface area contributed by atoms with E-state index >= 15 is 0 Å². The molecule has 4 rings (SSSR count). The van der Waals surface area contributed by atoms with Gasteiger partial charge in [0, 0.05) is 31.0 Å². The van der Waals surface area contributed by atoms with E-state index in [0.29, 0.717) is 13.1 Å². The van der Waals surface area contributed by atoms with Gasteiger partial charge in [-0.1, -0.05) is 18.2 Å². The molecule has 1 fully saturated rings. The third-order valence-corrected chi connectivity index (χ3v) is 6.05. The number of aromatic nitrogens is 3. The van der Waals surface area contributed by atoms with E-state index in [2.05, 4.69) is 14.8 Å². The first-order valence-corrected chi connectivity index (χ1v) is 10.5. The number of carbonyl (C=O) groups is 1. The van der Waals surface area contributed by atoms with Crippen LogP contribution in [0, 0.1) is 6.92 Å². The monoisotopic (exact) mass is 399 g/mol. The Kier molecular flexibility index (Phi) is 4.68. The SMILES string of the molecule is Cc1cc(NS(=O)(=O)c2c[nH]c(C(=O)N3CCCC3)c2)nn1-c1ccccc1. The fourth-order valence-electron chi connectivity index (χ4n) is 3.30. The maximum Gasteiger partial charge on any atom is 0.270 e. The van der Waals surface area contributed by atoms with Gasteiger partial charge in [-0.3, -0.25) is 9.52 Å². The zero-order valence-electron chi connectivity index (χ0n) is 15.4. The van der Waals surface area contributed by atoms with E-state index in [1.54, 1.807) is 15.6 Å². The van der Waals surface area contributed by atoms with Gasteiger partial charge in [-0.05, 0) is 38.0 Å². The maximum atomic E-state index is 12.7. The van der Waals surface area contributed by atoms with E-state index in [-0.39, 0.29) is 22.3 Å². The summed E-state index contributed by atoms with van der Waals surface area (Å²) in [6, 6.07) is 12.5. The second-order valence-electron chi connectivity index (χ2n) is 6.77. The molecular weight excluding hydrogens is 378 g/mol. The fourth-order valence-corrected chi connectivity index (χ4v) is 4.28. The zero-order chi connectivity index (χ0) is 19.7. The van der Waals surface area contributed by atoms with Crippen LogP contribution in [0.2, 0.25) is 0 Å². The molecule has 2 N–H and O–H groups in total. The Hall–Kier alpha value is -3.07. The van der Waals surface area contributed by atoms with Gasteiger partial charge < -0.3 is 9.88 Å². The molecule has 2 aromatic heterocycles. The molecule has 146 valence electrons. The van der Waals surface area contributed by atoms with Gasteiger partial charge in [0.2, 0.25) is 0 Å². The number of likely N-dealkylation sites (tertiary alicyclic amines) is 1. The summed E-state index contributed by atoms with van der Waals surface area (Å²) in [6.45, 7) is 3.25. The number of aromatic amines is 1. The topological polar surface area (TPSA) is 100 Å². The van der Waals surface area contributed by atoms with E-state index in [9.17, 15) is 13.2 Å². The lowest BCUT2D eigenvalue weighted by molar-refractivity contribution is 0.0787. The van der Waals surface area contributed by atoms with Crippen molar-refractivity contribution >= 4 is 21.7 Å². The number of hydrogen-bond donors (Lipinski definition) is 2. The molecule has 0 spiro atoms. The van der Waals surface area contributed by atoms with Gasteiger partial charge in [0.1, 0.15) is 10.6 Å². The first-order chi connectivity index (χ1) is 13.4. The van der Waals surface area contributed by atoms with Crippen molar-refractivity contribution in [2.45, 2.75) is 24.7 Å². The lowest BCUT2D eigenvalue weighted by Gasteiger charge is -2.13. The van der Waals surface area contributed by atoms with Crippen molar-refractivity contribution in [2.75, 3.05) is 17.8 Å². The molecule has 1 amide bonds. The highest BCUT2D eigenvalue weighted by molar-refractivity contribution is 7.92. The van der Waals surface area contributed by atoms with Crippen LogP contribution in [0.5, 0.6) is 0 Å². The fraction of sp³-hybridized carbons (Fsp3) is 0.263. The average Bonchev–Trinajstić information content (AvgIpc) is 3.43. The smallest absolute Gasteiger partial charge is 0.270 e. The third kappa shape index (κ3) is 3.53. The lowest BCUT2D eigenvalue weighted by atomic mass is 10.3. The summed E-state index contributed by atoms with van der Waals surface area (Å²) in [7, 11) is -3.86. The van der Waals surface area contributed by atoms with Crippen LogP contribution in [0.1, 0.15) is 29.0 Å². The first-order valence-electron chi connectivity index (χ1n) is 9.07. The Morgan fingerprint density at radius 2 is 1.86 bits per heavy atom.